The van der Waals surface area contributed by atoms with Gasteiger partial charge in [-0.2, -0.15) is 4.98 Å². The van der Waals surface area contributed by atoms with E-state index >= 15 is 0 Å². The van der Waals surface area contributed by atoms with E-state index in [0.717, 1.165) is 60.3 Å². The molecule has 0 saturated heterocycles. The first-order valence-electron chi connectivity index (χ1n) is 11.8. The third-order valence-corrected chi connectivity index (χ3v) is 5.94. The van der Waals surface area contributed by atoms with Gasteiger partial charge in [-0.1, -0.05) is 53.2 Å². The summed E-state index contributed by atoms with van der Waals surface area (Å²) in [5.74, 6) is 2.35. The maximum absolute atomic E-state index is 5.43. The van der Waals surface area contributed by atoms with Gasteiger partial charge in [0.25, 0.3) is 0 Å². The van der Waals surface area contributed by atoms with Crippen LogP contribution < -0.4 is 5.32 Å². The maximum atomic E-state index is 5.43. The molecular weight excluding hydrogens is 422 g/mol. The van der Waals surface area contributed by atoms with Crippen molar-refractivity contribution in [2.24, 2.45) is 0 Å². The van der Waals surface area contributed by atoms with Crippen molar-refractivity contribution in [3.63, 3.8) is 0 Å². The van der Waals surface area contributed by atoms with E-state index in [2.05, 4.69) is 88.9 Å². The lowest BCUT2D eigenvalue weighted by atomic mass is 10.1. The Morgan fingerprint density at radius 1 is 0.853 bits per heavy atom. The zero-order valence-corrected chi connectivity index (χ0v) is 19.6. The highest BCUT2D eigenvalue weighted by Crippen LogP contribution is 2.18. The minimum absolute atomic E-state index is 0.648. The topological polar surface area (TPSA) is 79.6 Å². The zero-order valence-electron chi connectivity index (χ0n) is 19.6. The summed E-state index contributed by atoms with van der Waals surface area (Å²) in [6, 6.07) is 23.1. The number of hydrogen-bond donors (Lipinski definition) is 2. The van der Waals surface area contributed by atoms with Crippen LogP contribution in [0.4, 0.5) is 5.69 Å². The van der Waals surface area contributed by atoms with E-state index in [9.17, 15) is 0 Å². The third-order valence-electron chi connectivity index (χ3n) is 5.94. The highest BCUT2D eigenvalue weighted by atomic mass is 16.5. The number of aryl methyl sites for hydroxylation is 5. The van der Waals surface area contributed by atoms with Crippen LogP contribution in [0, 0.1) is 13.8 Å². The van der Waals surface area contributed by atoms with Crippen molar-refractivity contribution in [1.29, 1.82) is 0 Å². The Morgan fingerprint density at radius 2 is 1.71 bits per heavy atom. The SMILES string of the molecule is Cc1ccc(-c2noc(CCCNc3cccc(CCc4nc5cc(C)ccc5[nH]4)c3)n2)cc1. The predicted octanol–water partition coefficient (Wildman–Crippen LogP) is 6.06. The molecule has 0 saturated carbocycles. The molecule has 2 aromatic heterocycles. The van der Waals surface area contributed by atoms with Crippen molar-refractivity contribution in [3.05, 3.63) is 95.1 Å². The monoisotopic (exact) mass is 451 g/mol. The standard InChI is InChI=1S/C28H29N5O/c1-19-8-12-22(13-9-19)28-32-27(34-33-28)7-4-16-29-23-6-3-5-21(18-23)11-15-26-30-24-14-10-20(2)17-25(24)31-26/h3,5-6,8-10,12-14,17-18,29H,4,7,11,15-16H2,1-2H3,(H,30,31). The first-order chi connectivity index (χ1) is 16.6. The lowest BCUT2D eigenvalue weighted by molar-refractivity contribution is 0.377. The molecule has 0 amide bonds. The van der Waals surface area contributed by atoms with Crippen molar-refractivity contribution in [2.45, 2.75) is 39.5 Å². The number of anilines is 1. The fraction of sp³-hybridized carbons (Fsp3) is 0.250. The third kappa shape index (κ3) is 5.34. The van der Waals surface area contributed by atoms with E-state index in [-0.39, 0.29) is 0 Å². The Hall–Kier alpha value is -3.93. The number of hydrogen-bond acceptors (Lipinski definition) is 5. The molecule has 0 atom stereocenters. The van der Waals surface area contributed by atoms with Gasteiger partial charge in [-0.15, -0.1) is 0 Å². The number of nitrogens with zero attached hydrogens (tertiary/aromatic N) is 3. The summed E-state index contributed by atoms with van der Waals surface area (Å²) >= 11 is 0. The smallest absolute Gasteiger partial charge is 0.227 e. The van der Waals surface area contributed by atoms with Gasteiger partial charge < -0.3 is 14.8 Å². The van der Waals surface area contributed by atoms with Crippen LogP contribution in [0.5, 0.6) is 0 Å². The van der Waals surface area contributed by atoms with Crippen LogP contribution in [0.2, 0.25) is 0 Å². The molecule has 6 heteroatoms. The number of H-pyrrole nitrogens is 1. The Labute approximate surface area is 199 Å². The molecular formula is C28H29N5O. The van der Waals surface area contributed by atoms with Gasteiger partial charge in [0, 0.05) is 30.6 Å². The van der Waals surface area contributed by atoms with E-state index in [4.69, 9.17) is 9.51 Å². The first kappa shape index (κ1) is 21.9. The molecule has 34 heavy (non-hydrogen) atoms. The van der Waals surface area contributed by atoms with Crippen LogP contribution in [-0.2, 0) is 19.3 Å². The lowest BCUT2D eigenvalue weighted by Crippen LogP contribution is -2.04. The van der Waals surface area contributed by atoms with Crippen molar-refractivity contribution in [2.75, 3.05) is 11.9 Å². The fourth-order valence-electron chi connectivity index (χ4n) is 4.04. The van der Waals surface area contributed by atoms with Crippen molar-refractivity contribution in [3.8, 4) is 11.4 Å². The molecule has 172 valence electrons. The van der Waals surface area contributed by atoms with E-state index in [0.29, 0.717) is 11.7 Å². The number of rotatable bonds is 9. The van der Waals surface area contributed by atoms with Gasteiger partial charge in [-0.05, 0) is 62.1 Å². The van der Waals surface area contributed by atoms with E-state index in [1.165, 1.54) is 16.7 Å². The molecule has 5 rings (SSSR count). The van der Waals surface area contributed by atoms with Crippen molar-refractivity contribution >= 4 is 16.7 Å². The molecule has 0 radical (unpaired) electrons. The average molecular weight is 452 g/mol. The van der Waals surface area contributed by atoms with Crippen molar-refractivity contribution in [1.82, 2.24) is 20.1 Å². The number of aromatic nitrogens is 4. The minimum Gasteiger partial charge on any atom is -0.385 e. The van der Waals surface area contributed by atoms with Gasteiger partial charge in [0.2, 0.25) is 11.7 Å². The van der Waals surface area contributed by atoms with Crippen LogP contribution >= 0.6 is 0 Å². The van der Waals surface area contributed by atoms with Crippen LogP contribution in [0.25, 0.3) is 22.4 Å². The molecule has 2 N–H and O–H groups in total. The fourth-order valence-corrected chi connectivity index (χ4v) is 4.04. The minimum atomic E-state index is 0.648. The molecule has 0 aliphatic rings. The summed E-state index contributed by atoms with van der Waals surface area (Å²) in [6.07, 6.45) is 3.49. The zero-order chi connectivity index (χ0) is 23.3. The number of fused-ring (bicyclic) bond motifs is 1. The van der Waals surface area contributed by atoms with Gasteiger partial charge in [-0.25, -0.2) is 4.98 Å². The highest BCUT2D eigenvalue weighted by Gasteiger charge is 2.08. The van der Waals surface area contributed by atoms with Crippen molar-refractivity contribution < 1.29 is 4.52 Å². The molecule has 0 bridgehead atoms. The Kier molecular flexibility index (Phi) is 6.38. The maximum Gasteiger partial charge on any atom is 0.227 e. The van der Waals surface area contributed by atoms with E-state index < -0.39 is 0 Å². The van der Waals surface area contributed by atoms with Gasteiger partial charge >= 0.3 is 0 Å². The summed E-state index contributed by atoms with van der Waals surface area (Å²) in [7, 11) is 0. The Bertz CT molecular complexity index is 1380. The van der Waals surface area contributed by atoms with E-state index in [1.54, 1.807) is 0 Å². The summed E-state index contributed by atoms with van der Waals surface area (Å²) < 4.78 is 5.43. The number of benzene rings is 3. The quantitative estimate of drug-likeness (QED) is 0.266. The van der Waals surface area contributed by atoms with Crippen LogP contribution in [0.1, 0.15) is 34.8 Å². The van der Waals surface area contributed by atoms with Crippen LogP contribution in [0.15, 0.2) is 71.3 Å². The summed E-state index contributed by atoms with van der Waals surface area (Å²) in [6.45, 7) is 5.00. The molecule has 0 aliphatic carbocycles. The number of imidazole rings is 1. The van der Waals surface area contributed by atoms with Gasteiger partial charge in [0.1, 0.15) is 5.82 Å². The Balaban J connectivity index is 1.10. The summed E-state index contributed by atoms with van der Waals surface area (Å²) in [4.78, 5) is 12.7. The lowest BCUT2D eigenvalue weighted by Gasteiger charge is -2.07. The Morgan fingerprint density at radius 3 is 2.59 bits per heavy atom. The van der Waals surface area contributed by atoms with Gasteiger partial charge in [0.05, 0.1) is 11.0 Å². The van der Waals surface area contributed by atoms with Gasteiger partial charge in [-0.3, -0.25) is 0 Å². The van der Waals surface area contributed by atoms with E-state index in [1.807, 2.05) is 12.1 Å². The second-order valence-corrected chi connectivity index (χ2v) is 8.81. The molecule has 0 spiro atoms. The predicted molar refractivity (Wildman–Crippen MR) is 136 cm³/mol. The molecule has 2 heterocycles. The molecule has 3 aromatic carbocycles. The second-order valence-electron chi connectivity index (χ2n) is 8.81. The van der Waals surface area contributed by atoms with Crippen LogP contribution in [0.3, 0.4) is 0 Å². The summed E-state index contributed by atoms with van der Waals surface area (Å²) in [5, 5.41) is 7.63. The number of aromatic amines is 1. The molecule has 0 fully saturated rings. The first-order valence-corrected chi connectivity index (χ1v) is 11.8. The van der Waals surface area contributed by atoms with Gasteiger partial charge in [0.15, 0.2) is 0 Å². The molecule has 0 aliphatic heterocycles. The highest BCUT2D eigenvalue weighted by molar-refractivity contribution is 5.75. The summed E-state index contributed by atoms with van der Waals surface area (Å²) in [5.41, 5.74) is 7.99. The largest absolute Gasteiger partial charge is 0.385 e. The number of nitrogens with one attached hydrogen (secondary N) is 2. The second kappa shape index (κ2) is 9.91. The molecule has 0 unspecified atom stereocenters. The van der Waals surface area contributed by atoms with Crippen LogP contribution in [-0.4, -0.2) is 26.7 Å². The normalized spacial score (nSPS) is 11.2. The molecule has 6 nitrogen and oxygen atoms in total. The average Bonchev–Trinajstić information content (AvgIpc) is 3.48. The molecule has 5 aromatic rings.